The summed E-state index contributed by atoms with van der Waals surface area (Å²) in [6.07, 6.45) is 0. The zero-order valence-electron chi connectivity index (χ0n) is 9.37. The molecule has 0 spiro atoms. The Kier molecular flexibility index (Phi) is 3.46. The summed E-state index contributed by atoms with van der Waals surface area (Å²) in [4.78, 5) is 15.5. The van der Waals surface area contributed by atoms with Crippen LogP contribution in [-0.4, -0.2) is 44.0 Å². The third-order valence-electron chi connectivity index (χ3n) is 3.00. The number of nitrogens with zero attached hydrogens (tertiary/aromatic N) is 1. The van der Waals surface area contributed by atoms with Crippen LogP contribution in [0.5, 0.6) is 0 Å². The molecule has 0 unspecified atom stereocenters. The van der Waals surface area contributed by atoms with Gasteiger partial charge in [-0.25, -0.2) is 0 Å². The molecule has 1 aliphatic rings. The molecule has 1 amide bonds. The van der Waals surface area contributed by atoms with E-state index in [1.807, 2.05) is 4.90 Å². The average molecular weight is 240 g/mol. The minimum atomic E-state index is 0.115. The van der Waals surface area contributed by atoms with Gasteiger partial charge in [-0.3, -0.25) is 4.79 Å². The first-order valence-electron chi connectivity index (χ1n) is 5.53. The third kappa shape index (κ3) is 2.54. The van der Waals surface area contributed by atoms with Crippen molar-refractivity contribution in [1.82, 2.24) is 4.90 Å². The molecule has 2 rings (SSSR count). The number of hydrogen-bond acceptors (Lipinski definition) is 1. The molecule has 4 heteroatoms. The second-order valence-corrected chi connectivity index (χ2v) is 4.69. The molecular formula is C12H16ClN2O+. The number of likely N-dealkylation sites (N-methyl/N-ethyl adjacent to an activating group) is 1. The van der Waals surface area contributed by atoms with Crippen molar-refractivity contribution in [2.45, 2.75) is 0 Å². The van der Waals surface area contributed by atoms with E-state index in [-0.39, 0.29) is 5.91 Å². The Morgan fingerprint density at radius 2 is 1.81 bits per heavy atom. The van der Waals surface area contributed by atoms with Gasteiger partial charge in [0.15, 0.2) is 0 Å². The van der Waals surface area contributed by atoms with Gasteiger partial charge in [-0.2, -0.15) is 0 Å². The van der Waals surface area contributed by atoms with Crippen LogP contribution in [0.15, 0.2) is 24.3 Å². The summed E-state index contributed by atoms with van der Waals surface area (Å²) in [5.74, 6) is 0.115. The molecule has 16 heavy (non-hydrogen) atoms. The maximum Gasteiger partial charge on any atom is 0.254 e. The molecule has 3 nitrogen and oxygen atoms in total. The molecule has 0 aromatic heterocycles. The Hall–Kier alpha value is -1.06. The summed E-state index contributed by atoms with van der Waals surface area (Å²) in [7, 11) is 2.16. The fourth-order valence-corrected chi connectivity index (χ4v) is 1.99. The highest BCUT2D eigenvalue weighted by Crippen LogP contribution is 2.11. The van der Waals surface area contributed by atoms with Gasteiger partial charge in [0.05, 0.1) is 33.2 Å². The Labute approximate surface area is 101 Å². The summed E-state index contributed by atoms with van der Waals surface area (Å²) in [6.45, 7) is 3.74. The maximum atomic E-state index is 12.1. The second kappa shape index (κ2) is 4.85. The second-order valence-electron chi connectivity index (χ2n) is 4.26. The lowest BCUT2D eigenvalue weighted by Gasteiger charge is -2.30. The van der Waals surface area contributed by atoms with Gasteiger partial charge in [0.25, 0.3) is 5.91 Å². The summed E-state index contributed by atoms with van der Waals surface area (Å²) in [5, 5.41) is 0.666. The van der Waals surface area contributed by atoms with E-state index in [0.717, 1.165) is 31.7 Å². The molecule has 1 aromatic carbocycles. The lowest BCUT2D eigenvalue weighted by atomic mass is 10.2. The summed E-state index contributed by atoms with van der Waals surface area (Å²) in [6, 6.07) is 7.10. The summed E-state index contributed by atoms with van der Waals surface area (Å²) < 4.78 is 0. The highest BCUT2D eigenvalue weighted by Gasteiger charge is 2.22. The fourth-order valence-electron chi connectivity index (χ4n) is 1.87. The number of carbonyl (C=O) groups is 1. The van der Waals surface area contributed by atoms with Gasteiger partial charge >= 0.3 is 0 Å². The molecule has 1 heterocycles. The van der Waals surface area contributed by atoms with Crippen molar-refractivity contribution in [2.75, 3.05) is 33.2 Å². The summed E-state index contributed by atoms with van der Waals surface area (Å²) >= 11 is 5.79. The van der Waals surface area contributed by atoms with Gasteiger partial charge in [0.1, 0.15) is 0 Å². The molecule has 1 N–H and O–H groups in total. The minimum absolute atomic E-state index is 0.115. The molecule has 1 aromatic rings. The largest absolute Gasteiger partial charge is 0.334 e. The van der Waals surface area contributed by atoms with Gasteiger partial charge in [-0.05, 0) is 24.3 Å². The van der Waals surface area contributed by atoms with Gasteiger partial charge in [0.2, 0.25) is 0 Å². The van der Waals surface area contributed by atoms with Crippen LogP contribution in [0, 0.1) is 0 Å². The SMILES string of the molecule is C[NH+]1CCN(C(=O)c2ccc(Cl)cc2)CC1. The molecule has 86 valence electrons. The van der Waals surface area contributed by atoms with Crippen molar-refractivity contribution in [2.24, 2.45) is 0 Å². The van der Waals surface area contributed by atoms with Crippen molar-refractivity contribution in [3.8, 4) is 0 Å². The minimum Gasteiger partial charge on any atom is -0.334 e. The molecule has 1 fully saturated rings. The summed E-state index contributed by atoms with van der Waals surface area (Å²) in [5.41, 5.74) is 0.726. The molecule has 1 saturated heterocycles. The van der Waals surface area contributed by atoms with Crippen molar-refractivity contribution in [3.63, 3.8) is 0 Å². The highest BCUT2D eigenvalue weighted by molar-refractivity contribution is 6.30. The molecular weight excluding hydrogens is 224 g/mol. The molecule has 0 saturated carbocycles. The normalized spacial score (nSPS) is 17.5. The van der Waals surface area contributed by atoms with Gasteiger partial charge in [-0.1, -0.05) is 11.6 Å². The van der Waals surface area contributed by atoms with Crippen molar-refractivity contribution in [3.05, 3.63) is 34.9 Å². The number of amides is 1. The number of hydrogen-bond donors (Lipinski definition) is 1. The quantitative estimate of drug-likeness (QED) is 0.750. The van der Waals surface area contributed by atoms with E-state index in [0.29, 0.717) is 5.02 Å². The van der Waals surface area contributed by atoms with Crippen LogP contribution in [-0.2, 0) is 0 Å². The van der Waals surface area contributed by atoms with Crippen LogP contribution < -0.4 is 4.90 Å². The highest BCUT2D eigenvalue weighted by atomic mass is 35.5. The fraction of sp³-hybridized carbons (Fsp3) is 0.417. The van der Waals surface area contributed by atoms with Crippen molar-refractivity contribution >= 4 is 17.5 Å². The van der Waals surface area contributed by atoms with Crippen LogP contribution in [0.4, 0.5) is 0 Å². The van der Waals surface area contributed by atoms with Gasteiger partial charge < -0.3 is 9.80 Å². The van der Waals surface area contributed by atoms with Crippen molar-refractivity contribution < 1.29 is 9.69 Å². The van der Waals surface area contributed by atoms with Crippen LogP contribution >= 0.6 is 11.6 Å². The molecule has 0 aliphatic carbocycles. The third-order valence-corrected chi connectivity index (χ3v) is 3.25. The van der Waals surface area contributed by atoms with Crippen LogP contribution in [0.25, 0.3) is 0 Å². The van der Waals surface area contributed by atoms with Gasteiger partial charge in [-0.15, -0.1) is 0 Å². The van der Waals surface area contributed by atoms with Crippen molar-refractivity contribution in [1.29, 1.82) is 0 Å². The number of halogens is 1. The molecule has 0 radical (unpaired) electrons. The lowest BCUT2D eigenvalue weighted by Crippen LogP contribution is -3.12. The first-order valence-corrected chi connectivity index (χ1v) is 5.91. The average Bonchev–Trinajstić information content (AvgIpc) is 2.30. The first kappa shape index (κ1) is 11.4. The van der Waals surface area contributed by atoms with E-state index in [4.69, 9.17) is 11.6 Å². The number of benzene rings is 1. The Morgan fingerprint density at radius 3 is 2.38 bits per heavy atom. The van der Waals surface area contributed by atoms with Crippen LogP contribution in [0.1, 0.15) is 10.4 Å². The molecule has 0 atom stereocenters. The number of nitrogens with one attached hydrogen (secondary N) is 1. The number of rotatable bonds is 1. The molecule has 0 bridgehead atoms. The Morgan fingerprint density at radius 1 is 1.25 bits per heavy atom. The first-order chi connectivity index (χ1) is 7.66. The van der Waals surface area contributed by atoms with E-state index in [2.05, 4.69) is 7.05 Å². The zero-order valence-corrected chi connectivity index (χ0v) is 10.1. The van der Waals surface area contributed by atoms with E-state index < -0.39 is 0 Å². The lowest BCUT2D eigenvalue weighted by molar-refractivity contribution is -0.883. The Bertz CT molecular complexity index is 369. The predicted molar refractivity (Wildman–Crippen MR) is 64.0 cm³/mol. The predicted octanol–water partition coefficient (Wildman–Crippen LogP) is 0.311. The van der Waals surface area contributed by atoms with E-state index in [1.165, 1.54) is 4.90 Å². The number of quaternary nitrogens is 1. The molecule has 1 aliphatic heterocycles. The zero-order chi connectivity index (χ0) is 11.5. The Balaban J connectivity index is 2.05. The number of carbonyl (C=O) groups excluding carboxylic acids is 1. The standard InChI is InChI=1S/C12H15ClN2O/c1-14-6-8-15(9-7-14)12(16)10-2-4-11(13)5-3-10/h2-5H,6-9H2,1H3/p+1. The van der Waals surface area contributed by atoms with E-state index in [1.54, 1.807) is 24.3 Å². The monoisotopic (exact) mass is 239 g/mol. The van der Waals surface area contributed by atoms with E-state index >= 15 is 0 Å². The van der Waals surface area contributed by atoms with Crippen LogP contribution in [0.3, 0.4) is 0 Å². The smallest absolute Gasteiger partial charge is 0.254 e. The van der Waals surface area contributed by atoms with E-state index in [9.17, 15) is 4.79 Å². The van der Waals surface area contributed by atoms with Crippen LogP contribution in [0.2, 0.25) is 5.02 Å². The topological polar surface area (TPSA) is 24.8 Å². The van der Waals surface area contributed by atoms with Gasteiger partial charge in [0, 0.05) is 10.6 Å². The maximum absolute atomic E-state index is 12.1. The number of piperazine rings is 1.